The third kappa shape index (κ3) is 2.84. The fourth-order valence-electron chi connectivity index (χ4n) is 2.39. The van der Waals surface area contributed by atoms with E-state index >= 15 is 0 Å². The van der Waals surface area contributed by atoms with Crippen molar-refractivity contribution in [1.29, 1.82) is 0 Å². The van der Waals surface area contributed by atoms with E-state index in [4.69, 9.17) is 11.6 Å². The van der Waals surface area contributed by atoms with Crippen LogP contribution in [-0.4, -0.2) is 11.9 Å². The largest absolute Gasteiger partial charge is 0.324 e. The van der Waals surface area contributed by atoms with Crippen molar-refractivity contribution in [2.24, 2.45) is 0 Å². The highest BCUT2D eigenvalue weighted by Crippen LogP contribution is 2.23. The molecular formula is C16H15ClN2O. The summed E-state index contributed by atoms with van der Waals surface area (Å²) in [5.41, 5.74) is 2.99. The number of anilines is 1. The molecule has 4 heteroatoms. The van der Waals surface area contributed by atoms with Gasteiger partial charge in [0.2, 0.25) is 5.91 Å². The average molecular weight is 287 g/mol. The average Bonchev–Trinajstić information content (AvgIpc) is 2.60. The first-order valence-electron chi connectivity index (χ1n) is 6.59. The molecule has 2 aromatic carbocycles. The van der Waals surface area contributed by atoms with Gasteiger partial charge in [0.05, 0.1) is 6.04 Å². The van der Waals surface area contributed by atoms with Crippen LogP contribution in [0.1, 0.15) is 11.1 Å². The molecule has 0 aliphatic carbocycles. The van der Waals surface area contributed by atoms with Crippen LogP contribution in [0.5, 0.6) is 0 Å². The Balaban J connectivity index is 1.79. The SMILES string of the molecule is O=C1Nc2ccc(Cl)cc2CN[C@H]1Cc1ccccc1. The molecule has 102 valence electrons. The number of hydrogen-bond donors (Lipinski definition) is 2. The van der Waals surface area contributed by atoms with Crippen LogP contribution in [0.2, 0.25) is 5.02 Å². The quantitative estimate of drug-likeness (QED) is 0.891. The van der Waals surface area contributed by atoms with Crippen molar-refractivity contribution in [2.75, 3.05) is 5.32 Å². The summed E-state index contributed by atoms with van der Waals surface area (Å²) in [6.07, 6.45) is 0.675. The number of rotatable bonds is 2. The van der Waals surface area contributed by atoms with Gasteiger partial charge in [-0.05, 0) is 35.7 Å². The number of amides is 1. The summed E-state index contributed by atoms with van der Waals surface area (Å²) in [5, 5.41) is 6.93. The highest BCUT2D eigenvalue weighted by molar-refractivity contribution is 6.30. The fraction of sp³-hybridized carbons (Fsp3) is 0.188. The van der Waals surface area contributed by atoms with Crippen LogP contribution >= 0.6 is 11.6 Å². The minimum Gasteiger partial charge on any atom is -0.324 e. The van der Waals surface area contributed by atoms with Gasteiger partial charge in [-0.15, -0.1) is 0 Å². The second-order valence-corrected chi connectivity index (χ2v) is 5.35. The van der Waals surface area contributed by atoms with Crippen LogP contribution in [0.25, 0.3) is 0 Å². The third-order valence-corrected chi connectivity index (χ3v) is 3.70. The van der Waals surface area contributed by atoms with Gasteiger partial charge < -0.3 is 10.6 Å². The maximum absolute atomic E-state index is 12.3. The number of fused-ring (bicyclic) bond motifs is 1. The number of hydrogen-bond acceptors (Lipinski definition) is 2. The van der Waals surface area contributed by atoms with Crippen LogP contribution in [0, 0.1) is 0 Å². The maximum Gasteiger partial charge on any atom is 0.241 e. The Hall–Kier alpha value is -1.84. The fourth-order valence-corrected chi connectivity index (χ4v) is 2.59. The van der Waals surface area contributed by atoms with Crippen molar-refractivity contribution in [2.45, 2.75) is 19.0 Å². The lowest BCUT2D eigenvalue weighted by atomic mass is 10.1. The zero-order valence-electron chi connectivity index (χ0n) is 10.9. The smallest absolute Gasteiger partial charge is 0.241 e. The molecule has 2 aromatic rings. The van der Waals surface area contributed by atoms with Gasteiger partial charge in [0, 0.05) is 17.3 Å². The Labute approximate surface area is 123 Å². The number of nitrogens with one attached hydrogen (secondary N) is 2. The summed E-state index contributed by atoms with van der Waals surface area (Å²) in [7, 11) is 0. The van der Waals surface area contributed by atoms with E-state index in [-0.39, 0.29) is 11.9 Å². The molecule has 0 fully saturated rings. The van der Waals surface area contributed by atoms with Crippen LogP contribution in [0.4, 0.5) is 5.69 Å². The first-order valence-corrected chi connectivity index (χ1v) is 6.97. The van der Waals surface area contributed by atoms with Gasteiger partial charge in [0.1, 0.15) is 0 Å². The van der Waals surface area contributed by atoms with E-state index in [2.05, 4.69) is 10.6 Å². The molecule has 0 unspecified atom stereocenters. The Morgan fingerprint density at radius 2 is 1.95 bits per heavy atom. The Morgan fingerprint density at radius 3 is 2.75 bits per heavy atom. The summed E-state index contributed by atoms with van der Waals surface area (Å²) in [6.45, 7) is 0.631. The van der Waals surface area contributed by atoms with Gasteiger partial charge in [0.25, 0.3) is 0 Å². The lowest BCUT2D eigenvalue weighted by Gasteiger charge is -2.14. The molecule has 0 spiro atoms. The van der Waals surface area contributed by atoms with Gasteiger partial charge in [0.15, 0.2) is 0 Å². The van der Waals surface area contributed by atoms with E-state index in [9.17, 15) is 4.79 Å². The zero-order chi connectivity index (χ0) is 13.9. The van der Waals surface area contributed by atoms with Crippen molar-refractivity contribution >= 4 is 23.2 Å². The van der Waals surface area contributed by atoms with Crippen molar-refractivity contribution in [3.05, 3.63) is 64.7 Å². The molecule has 0 aromatic heterocycles. The Morgan fingerprint density at radius 1 is 1.15 bits per heavy atom. The van der Waals surface area contributed by atoms with E-state index in [1.54, 1.807) is 6.07 Å². The summed E-state index contributed by atoms with van der Waals surface area (Å²) >= 11 is 5.99. The maximum atomic E-state index is 12.3. The molecule has 0 saturated heterocycles. The van der Waals surface area contributed by atoms with Crippen LogP contribution in [0.15, 0.2) is 48.5 Å². The standard InChI is InChI=1S/C16H15ClN2O/c17-13-6-7-14-12(9-13)10-18-15(16(20)19-14)8-11-4-2-1-3-5-11/h1-7,9,15,18H,8,10H2,(H,19,20)/t15-/m0/s1. The molecule has 1 aliphatic heterocycles. The van der Waals surface area contributed by atoms with Crippen molar-refractivity contribution in [1.82, 2.24) is 5.32 Å². The molecule has 0 radical (unpaired) electrons. The van der Waals surface area contributed by atoms with Gasteiger partial charge in [-0.25, -0.2) is 0 Å². The Bertz CT molecular complexity index is 628. The molecule has 0 saturated carbocycles. The normalized spacial score (nSPS) is 18.1. The summed E-state index contributed by atoms with van der Waals surface area (Å²) in [6, 6.07) is 15.3. The van der Waals surface area contributed by atoms with Crippen molar-refractivity contribution < 1.29 is 4.79 Å². The molecule has 20 heavy (non-hydrogen) atoms. The molecule has 0 bridgehead atoms. The minimum atomic E-state index is -0.233. The lowest BCUT2D eigenvalue weighted by molar-refractivity contribution is -0.118. The molecule has 1 amide bonds. The summed E-state index contributed by atoms with van der Waals surface area (Å²) in [4.78, 5) is 12.3. The summed E-state index contributed by atoms with van der Waals surface area (Å²) < 4.78 is 0. The van der Waals surface area contributed by atoms with Crippen molar-refractivity contribution in [3.8, 4) is 0 Å². The number of halogens is 1. The monoisotopic (exact) mass is 286 g/mol. The molecular weight excluding hydrogens is 272 g/mol. The second kappa shape index (κ2) is 5.65. The second-order valence-electron chi connectivity index (χ2n) is 4.91. The zero-order valence-corrected chi connectivity index (χ0v) is 11.7. The van der Waals surface area contributed by atoms with Gasteiger partial charge >= 0.3 is 0 Å². The van der Waals surface area contributed by atoms with E-state index in [1.807, 2.05) is 42.5 Å². The first-order chi connectivity index (χ1) is 9.72. The van der Waals surface area contributed by atoms with Gasteiger partial charge in [-0.2, -0.15) is 0 Å². The molecule has 1 atom stereocenters. The van der Waals surface area contributed by atoms with Crippen LogP contribution < -0.4 is 10.6 Å². The van der Waals surface area contributed by atoms with Gasteiger partial charge in [-0.1, -0.05) is 41.9 Å². The first kappa shape index (κ1) is 13.2. The molecule has 3 rings (SSSR count). The predicted molar refractivity (Wildman–Crippen MR) is 80.9 cm³/mol. The molecule has 2 N–H and O–H groups in total. The predicted octanol–water partition coefficient (Wildman–Crippen LogP) is 2.99. The van der Waals surface area contributed by atoms with Crippen LogP contribution in [-0.2, 0) is 17.8 Å². The third-order valence-electron chi connectivity index (χ3n) is 3.46. The number of benzene rings is 2. The van der Waals surface area contributed by atoms with E-state index in [0.717, 1.165) is 16.8 Å². The highest BCUT2D eigenvalue weighted by atomic mass is 35.5. The topological polar surface area (TPSA) is 41.1 Å². The van der Waals surface area contributed by atoms with E-state index in [1.165, 1.54) is 0 Å². The summed E-state index contributed by atoms with van der Waals surface area (Å²) in [5.74, 6) is -0.00470. The van der Waals surface area contributed by atoms with E-state index < -0.39 is 0 Å². The Kier molecular flexibility index (Phi) is 3.72. The lowest BCUT2D eigenvalue weighted by Crippen LogP contribution is -2.39. The van der Waals surface area contributed by atoms with Crippen LogP contribution in [0.3, 0.4) is 0 Å². The molecule has 3 nitrogen and oxygen atoms in total. The molecule has 1 aliphatic rings. The number of carbonyl (C=O) groups excluding carboxylic acids is 1. The van der Waals surface area contributed by atoms with Crippen molar-refractivity contribution in [3.63, 3.8) is 0 Å². The highest BCUT2D eigenvalue weighted by Gasteiger charge is 2.23. The van der Waals surface area contributed by atoms with E-state index in [0.29, 0.717) is 18.0 Å². The molecule has 1 heterocycles. The number of carbonyl (C=O) groups is 1. The van der Waals surface area contributed by atoms with Gasteiger partial charge in [-0.3, -0.25) is 4.79 Å². The minimum absolute atomic E-state index is 0.00470.